The Hall–Kier alpha value is -2.35. The third kappa shape index (κ3) is 4.10. The van der Waals surface area contributed by atoms with Crippen LogP contribution in [0.4, 0.5) is 10.3 Å². The zero-order valence-electron chi connectivity index (χ0n) is 16.9. The minimum absolute atomic E-state index is 0.196. The molecule has 0 unspecified atom stereocenters. The highest BCUT2D eigenvalue weighted by atomic mass is 35.5. The molecular formula is C22H24ClFN4O2. The van der Waals surface area contributed by atoms with Gasteiger partial charge in [-0.05, 0) is 35.6 Å². The van der Waals surface area contributed by atoms with Crippen molar-refractivity contribution in [3.05, 3.63) is 47.5 Å². The van der Waals surface area contributed by atoms with E-state index < -0.39 is 11.9 Å². The number of ether oxygens (including phenoxy) is 1. The number of hydrogen-bond donors (Lipinski definition) is 2. The van der Waals surface area contributed by atoms with E-state index in [9.17, 15) is 9.50 Å². The van der Waals surface area contributed by atoms with Crippen molar-refractivity contribution in [3.8, 4) is 11.3 Å². The lowest BCUT2D eigenvalue weighted by Crippen LogP contribution is -2.42. The standard InChI is InChI=1S/C22H24ClFN4O2/c1-12(2)20-14(8-23)9-25-17-4-3-13(7-15(17)20)21-16(24)10-26-22(28-21)27-18-5-6-30-11-19(18)29/h3-4,7,9-10,12,18-19,29H,5-6,8,11H2,1-2H3,(H,26,27,28)/t18-,19-/m1/s1. The van der Waals surface area contributed by atoms with Gasteiger partial charge in [-0.1, -0.05) is 19.9 Å². The highest BCUT2D eigenvalue weighted by Crippen LogP contribution is 2.32. The van der Waals surface area contributed by atoms with Gasteiger partial charge in [0.2, 0.25) is 5.95 Å². The van der Waals surface area contributed by atoms with Gasteiger partial charge in [-0.15, -0.1) is 11.6 Å². The van der Waals surface area contributed by atoms with Crippen LogP contribution in [0.5, 0.6) is 0 Å². The molecule has 3 heterocycles. The first-order valence-electron chi connectivity index (χ1n) is 10.0. The molecule has 1 saturated heterocycles. The van der Waals surface area contributed by atoms with E-state index in [-0.39, 0.29) is 30.2 Å². The van der Waals surface area contributed by atoms with Crippen LogP contribution in [-0.4, -0.2) is 45.4 Å². The van der Waals surface area contributed by atoms with Gasteiger partial charge in [-0.2, -0.15) is 0 Å². The van der Waals surface area contributed by atoms with Crippen LogP contribution in [0, 0.1) is 5.82 Å². The van der Waals surface area contributed by atoms with Crippen LogP contribution in [0.2, 0.25) is 0 Å². The van der Waals surface area contributed by atoms with Crippen LogP contribution in [0.1, 0.15) is 37.3 Å². The highest BCUT2D eigenvalue weighted by molar-refractivity contribution is 6.17. The van der Waals surface area contributed by atoms with Gasteiger partial charge in [0.1, 0.15) is 5.69 Å². The molecule has 0 amide bonds. The third-order valence-electron chi connectivity index (χ3n) is 5.37. The van der Waals surface area contributed by atoms with Gasteiger partial charge >= 0.3 is 0 Å². The lowest BCUT2D eigenvalue weighted by molar-refractivity contribution is -0.0136. The van der Waals surface area contributed by atoms with E-state index in [1.165, 1.54) is 0 Å². The monoisotopic (exact) mass is 430 g/mol. The van der Waals surface area contributed by atoms with Gasteiger partial charge in [0.05, 0.1) is 30.5 Å². The van der Waals surface area contributed by atoms with Crippen molar-refractivity contribution in [2.45, 2.75) is 44.2 Å². The van der Waals surface area contributed by atoms with Crippen molar-refractivity contribution >= 4 is 28.5 Å². The Morgan fingerprint density at radius 3 is 2.87 bits per heavy atom. The molecule has 4 rings (SSSR count). The molecule has 2 N–H and O–H groups in total. The Kier molecular flexibility index (Phi) is 6.13. The number of hydrogen-bond acceptors (Lipinski definition) is 6. The van der Waals surface area contributed by atoms with Gasteiger partial charge in [0.15, 0.2) is 5.82 Å². The molecule has 2 aromatic heterocycles. The van der Waals surface area contributed by atoms with E-state index in [4.69, 9.17) is 16.3 Å². The largest absolute Gasteiger partial charge is 0.389 e. The fourth-order valence-electron chi connectivity index (χ4n) is 3.89. The predicted molar refractivity (Wildman–Crippen MR) is 115 cm³/mol. The topological polar surface area (TPSA) is 80.2 Å². The number of aromatic nitrogens is 3. The third-order valence-corrected chi connectivity index (χ3v) is 5.66. The number of alkyl halides is 1. The van der Waals surface area contributed by atoms with Crippen LogP contribution in [0.15, 0.2) is 30.6 Å². The first-order chi connectivity index (χ1) is 14.5. The Morgan fingerprint density at radius 2 is 2.13 bits per heavy atom. The fourth-order valence-corrected chi connectivity index (χ4v) is 4.10. The first kappa shape index (κ1) is 20.9. The molecule has 0 radical (unpaired) electrons. The Labute approximate surface area is 179 Å². The van der Waals surface area contributed by atoms with Crippen molar-refractivity contribution in [1.82, 2.24) is 15.0 Å². The number of nitrogens with zero attached hydrogens (tertiary/aromatic N) is 3. The van der Waals surface area contributed by atoms with Crippen molar-refractivity contribution in [2.24, 2.45) is 0 Å². The minimum atomic E-state index is -0.662. The second-order valence-corrected chi connectivity index (χ2v) is 8.06. The smallest absolute Gasteiger partial charge is 0.223 e. The van der Waals surface area contributed by atoms with Gasteiger partial charge in [-0.25, -0.2) is 14.4 Å². The lowest BCUT2D eigenvalue weighted by atomic mass is 9.93. The van der Waals surface area contributed by atoms with Crippen molar-refractivity contribution in [1.29, 1.82) is 0 Å². The summed E-state index contributed by atoms with van der Waals surface area (Å²) in [5.41, 5.74) is 3.73. The Morgan fingerprint density at radius 1 is 1.30 bits per heavy atom. The van der Waals surface area contributed by atoms with E-state index in [0.717, 1.165) is 28.2 Å². The fraction of sp³-hybridized carbons (Fsp3) is 0.409. The quantitative estimate of drug-likeness (QED) is 0.589. The van der Waals surface area contributed by atoms with Crippen LogP contribution >= 0.6 is 11.6 Å². The normalized spacial score (nSPS) is 19.4. The van der Waals surface area contributed by atoms with Crippen molar-refractivity contribution in [3.63, 3.8) is 0 Å². The SMILES string of the molecule is CC(C)c1c(CCl)cnc2ccc(-c3nc(N[C@@H]4CCOC[C@H]4O)ncc3F)cc12. The highest BCUT2D eigenvalue weighted by Gasteiger charge is 2.24. The summed E-state index contributed by atoms with van der Waals surface area (Å²) >= 11 is 6.13. The number of nitrogens with one attached hydrogen (secondary N) is 1. The zero-order chi connectivity index (χ0) is 21.3. The average Bonchev–Trinajstić information content (AvgIpc) is 2.75. The second kappa shape index (κ2) is 8.79. The van der Waals surface area contributed by atoms with Gasteiger partial charge in [0.25, 0.3) is 0 Å². The molecule has 30 heavy (non-hydrogen) atoms. The average molecular weight is 431 g/mol. The number of fused-ring (bicyclic) bond motifs is 1. The Bertz CT molecular complexity index is 1060. The number of aliphatic hydroxyl groups excluding tert-OH is 1. The molecule has 0 bridgehead atoms. The molecular weight excluding hydrogens is 407 g/mol. The minimum Gasteiger partial charge on any atom is -0.389 e. The van der Waals surface area contributed by atoms with Crippen molar-refractivity contribution < 1.29 is 14.2 Å². The number of rotatable bonds is 5. The summed E-state index contributed by atoms with van der Waals surface area (Å²) in [5.74, 6) is 0.362. The second-order valence-electron chi connectivity index (χ2n) is 7.79. The van der Waals surface area contributed by atoms with E-state index in [0.29, 0.717) is 24.5 Å². The number of pyridine rings is 1. The maximum absolute atomic E-state index is 14.7. The van der Waals surface area contributed by atoms with Gasteiger partial charge < -0.3 is 15.2 Å². The summed E-state index contributed by atoms with van der Waals surface area (Å²) in [6, 6.07) is 5.34. The summed E-state index contributed by atoms with van der Waals surface area (Å²) in [5, 5.41) is 14.1. The van der Waals surface area contributed by atoms with Crippen LogP contribution in [-0.2, 0) is 10.6 Å². The summed E-state index contributed by atoms with van der Waals surface area (Å²) in [6.07, 6.45) is 2.91. The van der Waals surface area contributed by atoms with E-state index >= 15 is 0 Å². The molecule has 2 atom stereocenters. The molecule has 1 fully saturated rings. The number of benzene rings is 1. The van der Waals surface area contributed by atoms with Crippen LogP contribution in [0.3, 0.4) is 0 Å². The predicted octanol–water partition coefficient (Wildman–Crippen LogP) is 4.25. The summed E-state index contributed by atoms with van der Waals surface area (Å²) in [4.78, 5) is 12.9. The summed E-state index contributed by atoms with van der Waals surface area (Å²) in [7, 11) is 0. The zero-order valence-corrected chi connectivity index (χ0v) is 17.7. The maximum Gasteiger partial charge on any atom is 0.223 e. The van der Waals surface area contributed by atoms with E-state index in [2.05, 4.69) is 34.1 Å². The molecule has 0 saturated carbocycles. The number of anilines is 1. The molecule has 6 nitrogen and oxygen atoms in total. The molecule has 158 valence electrons. The van der Waals surface area contributed by atoms with Gasteiger partial charge in [0, 0.05) is 29.6 Å². The molecule has 3 aromatic rings. The van der Waals surface area contributed by atoms with E-state index in [1.54, 1.807) is 12.3 Å². The number of aliphatic hydroxyl groups is 1. The molecule has 8 heteroatoms. The molecule has 1 aliphatic rings. The number of halogens is 2. The molecule has 1 aliphatic heterocycles. The van der Waals surface area contributed by atoms with Crippen molar-refractivity contribution in [2.75, 3.05) is 18.5 Å². The first-order valence-corrected chi connectivity index (χ1v) is 10.5. The maximum atomic E-state index is 14.7. The Balaban J connectivity index is 1.75. The van der Waals surface area contributed by atoms with Crippen LogP contribution < -0.4 is 5.32 Å². The molecule has 1 aromatic carbocycles. The molecule has 0 aliphatic carbocycles. The summed E-state index contributed by atoms with van der Waals surface area (Å²) < 4.78 is 19.9. The van der Waals surface area contributed by atoms with Crippen LogP contribution in [0.25, 0.3) is 22.2 Å². The summed E-state index contributed by atoms with van der Waals surface area (Å²) in [6.45, 7) is 5.00. The van der Waals surface area contributed by atoms with E-state index in [1.807, 2.05) is 12.1 Å². The lowest BCUT2D eigenvalue weighted by Gasteiger charge is -2.28. The van der Waals surface area contributed by atoms with Gasteiger partial charge in [-0.3, -0.25) is 4.98 Å². The molecule has 0 spiro atoms.